The van der Waals surface area contributed by atoms with Crippen molar-refractivity contribution in [1.29, 1.82) is 0 Å². The fraction of sp³-hybridized carbons (Fsp3) is 0.600. The van der Waals surface area contributed by atoms with Crippen molar-refractivity contribution in [3.8, 4) is 0 Å². The van der Waals surface area contributed by atoms with Crippen molar-refractivity contribution in [1.82, 2.24) is 4.90 Å². The maximum atomic E-state index is 13.0. The summed E-state index contributed by atoms with van der Waals surface area (Å²) in [6.45, 7) is 4.95. The van der Waals surface area contributed by atoms with Crippen molar-refractivity contribution < 1.29 is 13.2 Å². The van der Waals surface area contributed by atoms with Gasteiger partial charge in [-0.1, -0.05) is 15.9 Å². The molecule has 0 bridgehead atoms. The molecule has 2 aliphatic rings. The molecule has 0 aromatic heterocycles. The van der Waals surface area contributed by atoms with Crippen molar-refractivity contribution >= 4 is 21.6 Å². The Morgan fingerprint density at radius 2 is 1.95 bits per heavy atom. The van der Waals surface area contributed by atoms with Crippen LogP contribution in [-0.4, -0.2) is 36.6 Å². The highest BCUT2D eigenvalue weighted by molar-refractivity contribution is 9.10. The first-order valence-corrected chi connectivity index (χ1v) is 8.02. The highest BCUT2D eigenvalue weighted by Gasteiger charge is 2.36. The van der Waals surface area contributed by atoms with E-state index in [1.54, 1.807) is 6.07 Å². The van der Waals surface area contributed by atoms with Crippen molar-refractivity contribution in [2.45, 2.75) is 38.0 Å². The monoisotopic (exact) mass is 362 g/mol. The van der Waals surface area contributed by atoms with Crippen LogP contribution in [0.5, 0.6) is 0 Å². The number of halogens is 4. The third-order valence-electron chi connectivity index (χ3n) is 4.48. The molecule has 2 heterocycles. The summed E-state index contributed by atoms with van der Waals surface area (Å²) in [7, 11) is 0. The van der Waals surface area contributed by atoms with Crippen molar-refractivity contribution in [3.63, 3.8) is 0 Å². The first kappa shape index (κ1) is 15.2. The molecule has 2 saturated heterocycles. The van der Waals surface area contributed by atoms with Gasteiger partial charge in [0.25, 0.3) is 0 Å². The van der Waals surface area contributed by atoms with Gasteiger partial charge in [0.1, 0.15) is 0 Å². The van der Waals surface area contributed by atoms with Crippen LogP contribution in [-0.2, 0) is 6.18 Å². The molecule has 6 heteroatoms. The summed E-state index contributed by atoms with van der Waals surface area (Å²) in [4.78, 5) is 4.58. The van der Waals surface area contributed by atoms with Gasteiger partial charge in [0, 0.05) is 35.3 Å². The molecule has 2 unspecified atom stereocenters. The van der Waals surface area contributed by atoms with Crippen LogP contribution in [0.3, 0.4) is 0 Å². The molecule has 3 rings (SSSR count). The number of nitrogens with zero attached hydrogens (tertiary/aromatic N) is 2. The molecule has 2 aliphatic heterocycles. The molecular weight excluding hydrogens is 345 g/mol. The van der Waals surface area contributed by atoms with E-state index < -0.39 is 11.7 Å². The number of anilines is 1. The molecule has 0 saturated carbocycles. The molecular formula is C15H18BrF3N2. The summed E-state index contributed by atoms with van der Waals surface area (Å²) < 4.78 is 39.4. The van der Waals surface area contributed by atoms with Gasteiger partial charge in [-0.05, 0) is 44.5 Å². The molecule has 1 aromatic carbocycles. The second-order valence-corrected chi connectivity index (χ2v) is 6.90. The van der Waals surface area contributed by atoms with Crippen molar-refractivity contribution in [2.75, 3.05) is 24.5 Å². The number of rotatable bonds is 1. The van der Waals surface area contributed by atoms with Crippen LogP contribution in [0.4, 0.5) is 18.9 Å². The lowest BCUT2D eigenvalue weighted by Crippen LogP contribution is -2.55. The van der Waals surface area contributed by atoms with Gasteiger partial charge in [0.2, 0.25) is 0 Å². The molecule has 0 spiro atoms. The Morgan fingerprint density at radius 3 is 2.67 bits per heavy atom. The van der Waals surface area contributed by atoms with Gasteiger partial charge in [-0.3, -0.25) is 4.90 Å². The zero-order valence-electron chi connectivity index (χ0n) is 11.8. The lowest BCUT2D eigenvalue weighted by Gasteiger charge is -2.43. The predicted molar refractivity (Wildman–Crippen MR) is 80.5 cm³/mol. The Kier molecular flexibility index (Phi) is 3.94. The fourth-order valence-electron chi connectivity index (χ4n) is 3.45. The molecule has 21 heavy (non-hydrogen) atoms. The van der Waals surface area contributed by atoms with Gasteiger partial charge in [-0.15, -0.1) is 0 Å². The lowest BCUT2D eigenvalue weighted by molar-refractivity contribution is -0.137. The third kappa shape index (κ3) is 3.06. The second kappa shape index (κ2) is 5.47. The molecule has 2 fully saturated rings. The van der Waals surface area contributed by atoms with Crippen LogP contribution >= 0.6 is 15.9 Å². The first-order chi connectivity index (χ1) is 9.84. The van der Waals surface area contributed by atoms with E-state index in [0.29, 0.717) is 16.2 Å². The van der Waals surface area contributed by atoms with Gasteiger partial charge in [0.05, 0.1) is 5.56 Å². The van der Waals surface area contributed by atoms with E-state index in [1.165, 1.54) is 12.5 Å². The van der Waals surface area contributed by atoms with Crippen LogP contribution < -0.4 is 4.90 Å². The zero-order valence-corrected chi connectivity index (χ0v) is 13.4. The molecule has 2 atom stereocenters. The van der Waals surface area contributed by atoms with Gasteiger partial charge in [-0.2, -0.15) is 13.2 Å². The summed E-state index contributed by atoms with van der Waals surface area (Å²) in [6.07, 6.45) is -1.97. The van der Waals surface area contributed by atoms with Crippen LogP contribution in [0.25, 0.3) is 0 Å². The quantitative estimate of drug-likeness (QED) is 0.740. The molecule has 0 N–H and O–H groups in total. The maximum absolute atomic E-state index is 13.0. The molecule has 0 radical (unpaired) electrons. The predicted octanol–water partition coefficient (Wildman–Crippen LogP) is 4.14. The van der Waals surface area contributed by atoms with E-state index in [0.717, 1.165) is 32.1 Å². The van der Waals surface area contributed by atoms with Crippen LogP contribution in [0.15, 0.2) is 22.7 Å². The van der Waals surface area contributed by atoms with E-state index in [9.17, 15) is 13.2 Å². The molecule has 0 aliphatic carbocycles. The van der Waals surface area contributed by atoms with Crippen LogP contribution in [0.2, 0.25) is 0 Å². The minimum Gasteiger partial charge on any atom is -0.366 e. The summed E-state index contributed by atoms with van der Waals surface area (Å²) in [5.41, 5.74) is 0.0728. The Balaban J connectivity index is 1.90. The topological polar surface area (TPSA) is 6.48 Å². The third-order valence-corrected chi connectivity index (χ3v) is 4.94. The SMILES string of the molecule is CC1CN2CCCC2CN1c1cc(Br)cc(C(F)(F)F)c1. The van der Waals surface area contributed by atoms with E-state index >= 15 is 0 Å². The minimum atomic E-state index is -4.31. The second-order valence-electron chi connectivity index (χ2n) is 5.99. The molecule has 0 amide bonds. The Morgan fingerprint density at radius 1 is 1.19 bits per heavy atom. The number of fused-ring (bicyclic) bond motifs is 1. The van der Waals surface area contributed by atoms with Gasteiger partial charge >= 0.3 is 6.18 Å². The minimum absolute atomic E-state index is 0.231. The summed E-state index contributed by atoms with van der Waals surface area (Å²) in [6, 6.07) is 4.91. The number of benzene rings is 1. The first-order valence-electron chi connectivity index (χ1n) is 7.23. The van der Waals surface area contributed by atoms with Crippen molar-refractivity contribution in [3.05, 3.63) is 28.2 Å². The lowest BCUT2D eigenvalue weighted by atomic mass is 10.1. The van der Waals surface area contributed by atoms with Gasteiger partial charge < -0.3 is 4.90 Å². The smallest absolute Gasteiger partial charge is 0.366 e. The van der Waals surface area contributed by atoms with Gasteiger partial charge in [0.15, 0.2) is 0 Å². The van der Waals surface area contributed by atoms with E-state index in [4.69, 9.17) is 0 Å². The highest BCUT2D eigenvalue weighted by atomic mass is 79.9. The van der Waals surface area contributed by atoms with E-state index in [1.807, 2.05) is 0 Å². The summed E-state index contributed by atoms with van der Waals surface area (Å²) in [5, 5.41) is 0. The zero-order chi connectivity index (χ0) is 15.2. The molecule has 1 aromatic rings. The maximum Gasteiger partial charge on any atom is 0.416 e. The Labute approximate surface area is 131 Å². The largest absolute Gasteiger partial charge is 0.416 e. The Hall–Kier alpha value is -0.750. The molecule has 116 valence electrons. The van der Waals surface area contributed by atoms with Crippen LogP contribution in [0.1, 0.15) is 25.3 Å². The summed E-state index contributed by atoms with van der Waals surface area (Å²) in [5.74, 6) is 0. The average Bonchev–Trinajstić information content (AvgIpc) is 2.83. The van der Waals surface area contributed by atoms with Crippen LogP contribution in [0, 0.1) is 0 Å². The van der Waals surface area contributed by atoms with E-state index in [2.05, 4.69) is 32.7 Å². The number of piperazine rings is 1. The number of hydrogen-bond donors (Lipinski definition) is 0. The highest BCUT2D eigenvalue weighted by Crippen LogP contribution is 2.36. The Bertz CT molecular complexity index is 532. The number of hydrogen-bond acceptors (Lipinski definition) is 2. The normalized spacial score (nSPS) is 27.0. The average molecular weight is 363 g/mol. The fourth-order valence-corrected chi connectivity index (χ4v) is 3.93. The standard InChI is InChI=1S/C15H18BrF3N2/c1-10-8-20-4-2-3-13(20)9-21(10)14-6-11(15(17,18)19)5-12(16)7-14/h5-7,10,13H,2-4,8-9H2,1H3. The molecule has 2 nitrogen and oxygen atoms in total. The van der Waals surface area contributed by atoms with E-state index in [-0.39, 0.29) is 6.04 Å². The number of alkyl halides is 3. The summed E-state index contributed by atoms with van der Waals surface area (Å²) >= 11 is 3.21. The van der Waals surface area contributed by atoms with Crippen molar-refractivity contribution in [2.24, 2.45) is 0 Å². The van der Waals surface area contributed by atoms with Gasteiger partial charge in [-0.25, -0.2) is 0 Å².